The summed E-state index contributed by atoms with van der Waals surface area (Å²) in [5.41, 5.74) is 0.629. The molecular weight excluding hydrogens is 1050 g/mol. The van der Waals surface area contributed by atoms with Crippen molar-refractivity contribution in [2.75, 3.05) is 106 Å². The van der Waals surface area contributed by atoms with Crippen LogP contribution in [-0.4, -0.2) is 149 Å². The lowest BCUT2D eigenvalue weighted by molar-refractivity contribution is 0.00495. The first-order valence-corrected chi connectivity index (χ1v) is 27.0. The van der Waals surface area contributed by atoms with Crippen molar-refractivity contribution in [3.8, 4) is 46.0 Å². The molecule has 0 atom stereocenters. The summed E-state index contributed by atoms with van der Waals surface area (Å²) in [6, 6.07) is 42.7. The van der Waals surface area contributed by atoms with E-state index in [1.807, 2.05) is 72.8 Å². The molecule has 420 valence electrons. The first kappa shape index (κ1) is 55.4. The number of nitrogens with zero attached hydrogens (tertiary/aromatic N) is 2. The minimum atomic E-state index is -0.597. The number of para-hydroxylation sites is 4. The minimum absolute atomic E-state index is 0.00200. The van der Waals surface area contributed by atoms with Crippen LogP contribution < -0.4 is 18.9 Å². The average Bonchev–Trinajstić information content (AvgIpc) is 1.47. The molecule has 18 heteroatoms. The zero-order valence-electron chi connectivity index (χ0n) is 44.7. The molecule has 0 fully saturated rings. The first-order chi connectivity index (χ1) is 40.3. The van der Waals surface area contributed by atoms with Crippen LogP contribution in [0.2, 0.25) is 0 Å². The molecule has 0 aliphatic carbocycles. The van der Waals surface area contributed by atoms with Gasteiger partial charge in [0.05, 0.1) is 128 Å². The second-order valence-corrected chi connectivity index (χ2v) is 19.0. The van der Waals surface area contributed by atoms with Crippen molar-refractivity contribution in [3.63, 3.8) is 0 Å². The van der Waals surface area contributed by atoms with Gasteiger partial charge in [-0.1, -0.05) is 72.8 Å². The number of aliphatic hydroxyl groups excluding tert-OH is 2. The maximum atomic E-state index is 15.2. The van der Waals surface area contributed by atoms with Crippen molar-refractivity contribution in [1.29, 1.82) is 0 Å². The Balaban J connectivity index is 1.13. The average molecular weight is 1110 g/mol. The molecule has 4 amide bonds. The van der Waals surface area contributed by atoms with Crippen LogP contribution in [0.3, 0.4) is 0 Å². The Labute approximate surface area is 471 Å². The number of hydrogen-bond donors (Lipinski definition) is 2. The van der Waals surface area contributed by atoms with Gasteiger partial charge >= 0.3 is 0 Å². The second-order valence-electron chi connectivity index (χ2n) is 19.0. The number of rotatable bonds is 30. The predicted octanol–water partition coefficient (Wildman–Crippen LogP) is 10.2. The van der Waals surface area contributed by atoms with Crippen LogP contribution in [-0.2, 0) is 28.4 Å². The minimum Gasteiger partial charge on any atom is -0.457 e. The Morgan fingerprint density at radius 1 is 0.280 bits per heavy atom. The molecule has 0 saturated carbocycles. The van der Waals surface area contributed by atoms with Crippen molar-refractivity contribution in [2.45, 2.75) is 0 Å². The third kappa shape index (κ3) is 11.5. The summed E-state index contributed by atoms with van der Waals surface area (Å²) < 4.78 is 61.3. The van der Waals surface area contributed by atoms with Gasteiger partial charge in [-0.05, 0) is 72.8 Å². The zero-order chi connectivity index (χ0) is 56.4. The van der Waals surface area contributed by atoms with Crippen LogP contribution >= 0.6 is 0 Å². The monoisotopic (exact) mass is 1110 g/mol. The quantitative estimate of drug-likeness (QED) is 0.0186. The van der Waals surface area contributed by atoms with Crippen LogP contribution in [0.25, 0.3) is 43.1 Å². The van der Waals surface area contributed by atoms with Gasteiger partial charge in [-0.3, -0.25) is 29.0 Å². The van der Waals surface area contributed by atoms with Crippen LogP contribution in [0.4, 0.5) is 0 Å². The van der Waals surface area contributed by atoms with E-state index < -0.39 is 23.6 Å². The van der Waals surface area contributed by atoms with E-state index in [0.29, 0.717) is 92.5 Å². The number of carbonyl (C=O) groups is 4. The molecule has 0 aromatic heterocycles. The molecule has 9 aromatic rings. The van der Waals surface area contributed by atoms with Crippen molar-refractivity contribution >= 4 is 66.7 Å². The number of imide groups is 2. The molecule has 0 saturated heterocycles. The van der Waals surface area contributed by atoms with Crippen molar-refractivity contribution < 1.29 is 76.8 Å². The van der Waals surface area contributed by atoms with E-state index in [-0.39, 0.29) is 124 Å². The summed E-state index contributed by atoms with van der Waals surface area (Å²) in [5, 5.41) is 20.9. The topological polar surface area (TPSA) is 208 Å². The third-order valence-electron chi connectivity index (χ3n) is 13.8. The van der Waals surface area contributed by atoms with Gasteiger partial charge in [-0.15, -0.1) is 0 Å². The molecule has 0 unspecified atom stereocenters. The number of amides is 4. The molecule has 2 heterocycles. The van der Waals surface area contributed by atoms with E-state index in [4.69, 9.17) is 57.6 Å². The standard InChI is InChI=1S/C64H58N2O16/c67-23-27-75-31-35-77-33-29-73-25-21-65-61(69)45-37-49(79-41-13-5-1-6-14-41)55-56-50(80-42-15-7-2-8-16-42)38-47-54-48(64(72)66(63(47)71)22-26-74-30-34-78-36-32-76-28-24-68)40-52(82-44-19-11-4-12-20-44)58(60(54)56)57-51(81-43-17-9-3-10-18-43)39-46(62(65)70)53(45)59(55)57/h1-20,37-40,67-68H,21-36H2. The normalized spacial score (nSPS) is 13.1. The number of fused-ring (bicyclic) bond motifs is 2. The maximum Gasteiger partial charge on any atom is 0.261 e. The number of ether oxygens (including phenoxy) is 10. The summed E-state index contributed by atoms with van der Waals surface area (Å²) in [6.07, 6.45) is 0. The summed E-state index contributed by atoms with van der Waals surface area (Å²) in [6.45, 7) is 2.07. The fraction of sp³-hybridized carbons (Fsp3) is 0.250. The Morgan fingerprint density at radius 3 is 0.756 bits per heavy atom. The molecule has 2 N–H and O–H groups in total. The van der Waals surface area contributed by atoms with E-state index in [2.05, 4.69) is 0 Å². The maximum absolute atomic E-state index is 15.2. The summed E-state index contributed by atoms with van der Waals surface area (Å²) in [4.78, 5) is 63.3. The van der Waals surface area contributed by atoms with Crippen molar-refractivity contribution in [1.82, 2.24) is 9.80 Å². The highest BCUT2D eigenvalue weighted by molar-refractivity contribution is 6.44. The highest BCUT2D eigenvalue weighted by Gasteiger charge is 2.41. The molecule has 11 rings (SSSR count). The van der Waals surface area contributed by atoms with Gasteiger partial charge in [0.2, 0.25) is 0 Å². The Kier molecular flexibility index (Phi) is 17.5. The fourth-order valence-electron chi connectivity index (χ4n) is 10.3. The molecule has 82 heavy (non-hydrogen) atoms. The molecule has 9 aromatic carbocycles. The molecule has 0 bridgehead atoms. The Hall–Kier alpha value is -8.56. The van der Waals surface area contributed by atoms with E-state index >= 15 is 19.2 Å². The highest BCUT2D eigenvalue weighted by Crippen LogP contribution is 2.57. The molecular formula is C64H58N2O16. The van der Waals surface area contributed by atoms with E-state index in [1.54, 1.807) is 72.8 Å². The van der Waals surface area contributed by atoms with Crippen LogP contribution in [0.15, 0.2) is 146 Å². The Morgan fingerprint density at radius 2 is 0.512 bits per heavy atom. The summed E-state index contributed by atoms with van der Waals surface area (Å²) in [5.74, 6) is 0.0730. The van der Waals surface area contributed by atoms with Crippen LogP contribution in [0, 0.1) is 0 Å². The van der Waals surface area contributed by atoms with Gasteiger partial charge in [0.15, 0.2) is 0 Å². The second kappa shape index (κ2) is 25.9. The van der Waals surface area contributed by atoms with Crippen LogP contribution in [0.1, 0.15) is 41.4 Å². The molecule has 0 radical (unpaired) electrons. The lowest BCUT2D eigenvalue weighted by Gasteiger charge is -2.32. The van der Waals surface area contributed by atoms with Gasteiger partial charge < -0.3 is 57.6 Å². The Bertz CT molecular complexity index is 3280. The van der Waals surface area contributed by atoms with E-state index in [0.717, 1.165) is 9.80 Å². The number of benzene rings is 9. The smallest absolute Gasteiger partial charge is 0.261 e. The lowest BCUT2D eigenvalue weighted by Crippen LogP contribution is -2.42. The van der Waals surface area contributed by atoms with Gasteiger partial charge in [0.1, 0.15) is 46.0 Å². The third-order valence-corrected chi connectivity index (χ3v) is 13.8. The van der Waals surface area contributed by atoms with Crippen LogP contribution in [0.5, 0.6) is 46.0 Å². The van der Waals surface area contributed by atoms with Gasteiger partial charge in [0, 0.05) is 43.1 Å². The highest BCUT2D eigenvalue weighted by atomic mass is 16.6. The van der Waals surface area contributed by atoms with Gasteiger partial charge in [0.25, 0.3) is 23.6 Å². The summed E-state index contributed by atoms with van der Waals surface area (Å²) >= 11 is 0. The largest absolute Gasteiger partial charge is 0.457 e. The van der Waals surface area contributed by atoms with Gasteiger partial charge in [-0.2, -0.15) is 0 Å². The number of aliphatic hydroxyl groups is 2. The van der Waals surface area contributed by atoms with Gasteiger partial charge in [-0.25, -0.2) is 0 Å². The SMILES string of the molecule is O=C1c2cc(Oc3ccccc3)c3c4c(Oc5ccccc5)cc5c6c(cc(Oc7ccccc7)c(c7c(Oc8ccccc8)cc(c2c37)C(=O)N1CCOCCOCCOCCO)c64)C(=O)N(CCOCCOCCOCCO)C5=O. The number of carbonyl (C=O) groups excluding carboxylic acids is 4. The lowest BCUT2D eigenvalue weighted by atomic mass is 9.80. The fourth-order valence-corrected chi connectivity index (χ4v) is 10.3. The summed E-state index contributed by atoms with van der Waals surface area (Å²) in [7, 11) is 0. The first-order valence-electron chi connectivity index (χ1n) is 27.0. The molecule has 2 aliphatic rings. The predicted molar refractivity (Wildman–Crippen MR) is 304 cm³/mol. The zero-order valence-corrected chi connectivity index (χ0v) is 44.7. The van der Waals surface area contributed by atoms with Crippen molar-refractivity contribution in [3.05, 3.63) is 168 Å². The van der Waals surface area contributed by atoms with E-state index in [9.17, 15) is 0 Å². The van der Waals surface area contributed by atoms with E-state index in [1.165, 1.54) is 0 Å². The molecule has 0 spiro atoms. The molecule has 2 aliphatic heterocycles. The van der Waals surface area contributed by atoms with Crippen molar-refractivity contribution in [2.24, 2.45) is 0 Å². The number of hydrogen-bond acceptors (Lipinski definition) is 16. The molecule has 18 nitrogen and oxygen atoms in total.